The summed E-state index contributed by atoms with van der Waals surface area (Å²) in [5.41, 5.74) is 73.3. The molecule has 5 fully saturated rings. The van der Waals surface area contributed by atoms with Crippen LogP contribution in [0.3, 0.4) is 0 Å². The highest BCUT2D eigenvalue weighted by molar-refractivity contribution is 5.05. The van der Waals surface area contributed by atoms with Crippen LogP contribution in [0.2, 0.25) is 0 Å². The highest BCUT2D eigenvalue weighted by atomic mass is 16.8. The lowest BCUT2D eigenvalue weighted by molar-refractivity contribution is -0.308. The first-order valence-electron chi connectivity index (χ1n) is 20.1. The zero-order chi connectivity index (χ0) is 50.4. The van der Waals surface area contributed by atoms with Crippen molar-refractivity contribution in [2.45, 2.75) is 153 Å². The summed E-state index contributed by atoms with van der Waals surface area (Å²) in [6.45, 7) is -2.61. The Balaban J connectivity index is 1.53. The van der Waals surface area contributed by atoms with Crippen LogP contribution < -0.4 is 0 Å². The number of azide groups is 8. The molecule has 1 saturated carbocycles. The quantitative estimate of drug-likeness (QED) is 0.0440. The third-order valence-corrected chi connectivity index (χ3v) is 11.4. The molecule has 0 bridgehead atoms. The lowest BCUT2D eigenvalue weighted by Crippen LogP contribution is -2.63. The number of hydrogen-bond acceptors (Lipinski definition) is 24. The van der Waals surface area contributed by atoms with Crippen molar-refractivity contribution in [3.05, 3.63) is 83.5 Å². The van der Waals surface area contributed by atoms with Crippen LogP contribution in [0.25, 0.3) is 83.5 Å². The second-order valence-corrected chi connectivity index (χ2v) is 15.3. The molecule has 69 heavy (non-hydrogen) atoms. The van der Waals surface area contributed by atoms with Gasteiger partial charge in [0, 0.05) is 39.3 Å². The zero-order valence-corrected chi connectivity index (χ0v) is 35.0. The van der Waals surface area contributed by atoms with Crippen LogP contribution >= 0.6 is 0 Å². The van der Waals surface area contributed by atoms with Crippen molar-refractivity contribution >= 4 is 0 Å². The maximum Gasteiger partial charge on any atom is 0.187 e. The Morgan fingerprint density at radius 3 is 1.30 bits per heavy atom. The predicted molar refractivity (Wildman–Crippen MR) is 215 cm³/mol. The molecule has 4 heterocycles. The molecule has 0 aromatic heterocycles. The fourth-order valence-corrected chi connectivity index (χ4v) is 8.10. The number of hydrogen-bond donors (Lipinski definition) is 8. The molecule has 4 aliphatic heterocycles. The van der Waals surface area contributed by atoms with Crippen LogP contribution in [0.4, 0.5) is 0 Å². The summed E-state index contributed by atoms with van der Waals surface area (Å²) in [4.78, 5) is 21.2. The molecule has 4 saturated heterocycles. The molecule has 5 rings (SSSR count). The smallest absolute Gasteiger partial charge is 0.187 e. The second kappa shape index (κ2) is 25.4. The molecule has 40 nitrogen and oxygen atoms in total. The monoisotopic (exact) mass is 982 g/mol. The van der Waals surface area contributed by atoms with Gasteiger partial charge >= 0.3 is 0 Å². The summed E-state index contributed by atoms with van der Waals surface area (Å²) < 4.78 is 47.1. The van der Waals surface area contributed by atoms with E-state index in [0.717, 1.165) is 0 Å². The fraction of sp³-hybridized carbons (Fsp3) is 1.00. The van der Waals surface area contributed by atoms with E-state index in [9.17, 15) is 63.0 Å². The molecule has 0 aromatic carbocycles. The van der Waals surface area contributed by atoms with Crippen molar-refractivity contribution in [3.63, 3.8) is 0 Å². The normalized spacial score (nSPS) is 42.7. The summed E-state index contributed by atoms with van der Waals surface area (Å²) in [5.74, 6) is 0. The highest BCUT2D eigenvalue weighted by Crippen LogP contribution is 2.38. The average molecular weight is 983 g/mol. The Hall–Kier alpha value is -6.16. The molecule has 5 aliphatic rings. The Morgan fingerprint density at radius 2 is 0.797 bits per heavy atom. The molecule has 0 spiro atoms. The maximum absolute atomic E-state index is 12.0. The minimum atomic E-state index is -2.14. The molecule has 8 N–H and O–H groups in total. The Labute approximate surface area is 382 Å². The number of nitrogens with zero attached hydrogens (tertiary/aromatic N) is 24. The number of rotatable bonds is 20. The van der Waals surface area contributed by atoms with E-state index in [-0.39, 0.29) is 0 Å². The SMILES string of the molecule is [N-]=[N+]=NCC1O[C@H](O[C@@H]2C(N=[N+]=[N-])C[C@@H](N=[N+]=[N-])C(O)[C@H]2O[C@@H]2O[C@H](CO[C@@H]3OC(CN=[N+]=[N-])[C@@H](N=[N+]=[N-])[C@H](O)C3O)[C@H](O[C@H]3O[C@@H](CN=[N+]=[N-])[C@@H](O)C(O)C3N=[N+]=[N-])C2O)C(N=[N+]=[N-])[C@@H](O)[C@@H]1O. The average Bonchev–Trinajstić information content (AvgIpc) is 3.62. The van der Waals surface area contributed by atoms with E-state index < -0.39 is 180 Å². The molecular weight excluding hydrogens is 940 g/mol. The Morgan fingerprint density at radius 1 is 0.377 bits per heavy atom. The van der Waals surface area contributed by atoms with Crippen molar-refractivity contribution in [2.24, 2.45) is 40.9 Å². The largest absolute Gasteiger partial charge is 0.390 e. The molecule has 24 atom stereocenters. The Kier molecular flexibility index (Phi) is 19.8. The van der Waals surface area contributed by atoms with E-state index in [1.807, 2.05) is 0 Å². The molecule has 0 radical (unpaired) electrons. The minimum Gasteiger partial charge on any atom is -0.390 e. The van der Waals surface area contributed by atoms with Crippen LogP contribution in [-0.4, -0.2) is 214 Å². The third-order valence-electron chi connectivity index (χ3n) is 11.4. The van der Waals surface area contributed by atoms with Crippen LogP contribution in [0.5, 0.6) is 0 Å². The molecule has 9 unspecified atom stereocenters. The van der Waals surface area contributed by atoms with Gasteiger partial charge in [-0.25, -0.2) is 0 Å². The first kappa shape index (κ1) is 53.8. The van der Waals surface area contributed by atoms with Gasteiger partial charge in [-0.05, 0) is 50.7 Å². The van der Waals surface area contributed by atoms with Gasteiger partial charge in [0.25, 0.3) is 0 Å². The van der Waals surface area contributed by atoms with Gasteiger partial charge in [-0.1, -0.05) is 40.9 Å². The lowest BCUT2D eigenvalue weighted by atomic mass is 9.84. The van der Waals surface area contributed by atoms with Gasteiger partial charge in [0.05, 0.1) is 93.2 Å². The van der Waals surface area contributed by atoms with Gasteiger partial charge in [-0.2, -0.15) is 0 Å². The van der Waals surface area contributed by atoms with Crippen molar-refractivity contribution < 1.29 is 78.7 Å². The molecule has 374 valence electrons. The van der Waals surface area contributed by atoms with E-state index in [4.69, 9.17) is 60.0 Å². The first-order valence-corrected chi connectivity index (χ1v) is 20.1. The molecule has 1 aliphatic carbocycles. The minimum absolute atomic E-state index is 0.468. The van der Waals surface area contributed by atoms with E-state index in [1.165, 1.54) is 0 Å². The molecule has 40 heteroatoms. The highest BCUT2D eigenvalue weighted by Gasteiger charge is 2.56. The van der Waals surface area contributed by atoms with Crippen LogP contribution in [0.1, 0.15) is 6.42 Å². The first-order chi connectivity index (χ1) is 33.2. The van der Waals surface area contributed by atoms with E-state index >= 15 is 0 Å². The van der Waals surface area contributed by atoms with Gasteiger partial charge in [-0.15, -0.1) is 0 Å². The van der Waals surface area contributed by atoms with Gasteiger partial charge in [0.2, 0.25) is 0 Å². The number of aliphatic hydroxyl groups excluding tert-OH is 8. The molecular formula is C29H42N24O16. The van der Waals surface area contributed by atoms with Crippen LogP contribution in [0.15, 0.2) is 40.9 Å². The van der Waals surface area contributed by atoms with Crippen molar-refractivity contribution in [1.82, 2.24) is 0 Å². The zero-order valence-electron chi connectivity index (χ0n) is 35.0. The van der Waals surface area contributed by atoms with Crippen LogP contribution in [0, 0.1) is 0 Å². The molecule has 0 amide bonds. The summed E-state index contributed by atoms with van der Waals surface area (Å²) in [7, 11) is 0. The number of ether oxygens (including phenoxy) is 8. The topological polar surface area (TPSA) is 626 Å². The van der Waals surface area contributed by atoms with E-state index in [0.29, 0.717) is 0 Å². The fourth-order valence-electron chi connectivity index (χ4n) is 8.10. The van der Waals surface area contributed by atoms with Crippen LogP contribution in [-0.2, 0) is 37.9 Å². The summed E-state index contributed by atoms with van der Waals surface area (Å²) in [5, 5.41) is 116. The standard InChI is InChI=1S/C29H42N24O16/c30-46-38-2-8-12(43-51-35)18(57)21(60)28(63-8)62-5-11-24(68-27-14(45-53-37)20(59)17(56)10(65-27)4-40-48-32)22(61)29(66-11)69-25-15(54)6(41-49-33)1-7(42-50-34)23(25)67-26-13(44-52-36)19(58)16(55)9(64-26)3-39-47-31/h6-29,54-61H,1-5H2/t6-,7?,8?,9?,10+,11-,12-,13?,14?,15?,16-,17-,18+,19-,20?,21?,22?,23-,24+,25-,26-,27-,28-,29+/m1/s1. The van der Waals surface area contributed by atoms with Crippen molar-refractivity contribution in [2.75, 3.05) is 26.2 Å². The van der Waals surface area contributed by atoms with Crippen molar-refractivity contribution in [1.29, 1.82) is 0 Å². The summed E-state index contributed by atoms with van der Waals surface area (Å²) in [6, 6.07) is -8.10. The lowest BCUT2D eigenvalue weighted by Gasteiger charge is -2.47. The summed E-state index contributed by atoms with van der Waals surface area (Å²) >= 11 is 0. The van der Waals surface area contributed by atoms with E-state index in [2.05, 4.69) is 80.2 Å². The van der Waals surface area contributed by atoms with Gasteiger partial charge in [0.1, 0.15) is 54.8 Å². The number of aliphatic hydroxyl groups is 8. The van der Waals surface area contributed by atoms with Gasteiger partial charge in [-0.3, -0.25) is 0 Å². The van der Waals surface area contributed by atoms with Crippen molar-refractivity contribution in [3.8, 4) is 0 Å². The molecule has 0 aromatic rings. The maximum atomic E-state index is 12.0. The van der Waals surface area contributed by atoms with E-state index in [1.54, 1.807) is 0 Å². The summed E-state index contributed by atoms with van der Waals surface area (Å²) in [6.07, 6.45) is -35.6. The second-order valence-electron chi connectivity index (χ2n) is 15.3. The Bertz CT molecular complexity index is 2170. The predicted octanol–water partition coefficient (Wildman–Crippen LogP) is -0.326. The van der Waals surface area contributed by atoms with Gasteiger partial charge in [0.15, 0.2) is 25.2 Å². The van der Waals surface area contributed by atoms with Gasteiger partial charge < -0.3 is 78.7 Å². The third kappa shape index (κ3) is 12.4.